The van der Waals surface area contributed by atoms with Gasteiger partial charge in [-0.05, 0) is 37.3 Å². The van der Waals surface area contributed by atoms with E-state index in [9.17, 15) is 4.79 Å². The maximum absolute atomic E-state index is 12.4. The predicted octanol–water partition coefficient (Wildman–Crippen LogP) is 3.78. The smallest absolute Gasteiger partial charge is 0.256 e. The molecule has 0 aliphatic carbocycles. The first-order valence-corrected chi connectivity index (χ1v) is 7.50. The molecule has 1 aliphatic rings. The van der Waals surface area contributed by atoms with Gasteiger partial charge in [-0.1, -0.05) is 31.4 Å². The zero-order valence-corrected chi connectivity index (χ0v) is 12.2. The lowest BCUT2D eigenvalue weighted by Crippen LogP contribution is -2.32. The Kier molecular flexibility index (Phi) is 5.20. The van der Waals surface area contributed by atoms with Crippen LogP contribution in [0.3, 0.4) is 0 Å². The lowest BCUT2D eigenvalue weighted by Gasteiger charge is -2.21. The van der Waals surface area contributed by atoms with Gasteiger partial charge in [0.2, 0.25) is 0 Å². The Balaban J connectivity index is 2.02. The summed E-state index contributed by atoms with van der Waals surface area (Å²) in [7, 11) is 0. The van der Waals surface area contributed by atoms with E-state index < -0.39 is 0 Å². The van der Waals surface area contributed by atoms with Crippen molar-refractivity contribution >= 4 is 17.5 Å². The molecule has 0 aromatic carbocycles. The summed E-state index contributed by atoms with van der Waals surface area (Å²) in [6, 6.07) is 3.52. The molecule has 0 bridgehead atoms. The van der Waals surface area contributed by atoms with Gasteiger partial charge >= 0.3 is 0 Å². The van der Waals surface area contributed by atoms with Crippen LogP contribution in [0.15, 0.2) is 18.3 Å². The highest BCUT2D eigenvalue weighted by Gasteiger charge is 2.22. The van der Waals surface area contributed by atoms with E-state index >= 15 is 0 Å². The van der Waals surface area contributed by atoms with Gasteiger partial charge in [0.05, 0.1) is 5.56 Å². The minimum atomic E-state index is 0.0234. The number of carbonyl (C=O) groups excluding carboxylic acids is 1. The molecule has 2 heterocycles. The Labute approximate surface area is 120 Å². The number of aromatic nitrogens is 1. The number of hydrogen-bond acceptors (Lipinski definition) is 2. The largest absolute Gasteiger partial charge is 0.339 e. The fourth-order valence-corrected chi connectivity index (χ4v) is 2.98. The summed E-state index contributed by atoms with van der Waals surface area (Å²) in [6.45, 7) is 3.90. The van der Waals surface area contributed by atoms with Crippen molar-refractivity contribution < 1.29 is 4.79 Å². The second kappa shape index (κ2) is 6.90. The van der Waals surface area contributed by atoms with Crippen LogP contribution < -0.4 is 0 Å². The van der Waals surface area contributed by atoms with Crippen LogP contribution >= 0.6 is 11.6 Å². The summed E-state index contributed by atoms with van der Waals surface area (Å²) in [4.78, 5) is 18.3. The average molecular weight is 281 g/mol. The molecule has 1 saturated heterocycles. The first kappa shape index (κ1) is 14.3. The van der Waals surface area contributed by atoms with E-state index in [2.05, 4.69) is 11.9 Å². The van der Waals surface area contributed by atoms with Gasteiger partial charge in [0.1, 0.15) is 5.15 Å². The van der Waals surface area contributed by atoms with Crippen LogP contribution in [0.4, 0.5) is 0 Å². The lowest BCUT2D eigenvalue weighted by atomic mass is 9.96. The molecule has 4 heteroatoms. The average Bonchev–Trinajstić information content (AvgIpc) is 2.65. The Morgan fingerprint density at radius 1 is 1.47 bits per heavy atom. The zero-order chi connectivity index (χ0) is 13.7. The van der Waals surface area contributed by atoms with E-state index in [1.807, 2.05) is 4.90 Å². The summed E-state index contributed by atoms with van der Waals surface area (Å²) in [5, 5.41) is 0.307. The zero-order valence-electron chi connectivity index (χ0n) is 11.4. The predicted molar refractivity (Wildman–Crippen MR) is 77.4 cm³/mol. The van der Waals surface area contributed by atoms with E-state index in [0.717, 1.165) is 31.8 Å². The molecule has 1 aromatic heterocycles. The molecular formula is C15H21ClN2O. The molecule has 3 nitrogen and oxygen atoms in total. The number of pyridine rings is 1. The van der Waals surface area contributed by atoms with Gasteiger partial charge in [-0.15, -0.1) is 0 Å². The molecule has 0 N–H and O–H groups in total. The van der Waals surface area contributed by atoms with Crippen molar-refractivity contribution in [3.63, 3.8) is 0 Å². The molecule has 1 fully saturated rings. The number of likely N-dealkylation sites (tertiary alicyclic amines) is 1. The molecular weight excluding hydrogens is 260 g/mol. The number of halogens is 1. The van der Waals surface area contributed by atoms with Gasteiger partial charge in [-0.2, -0.15) is 0 Å². The Hall–Kier alpha value is -1.09. The molecule has 1 unspecified atom stereocenters. The number of rotatable bonds is 3. The SMILES string of the molecule is CCCC1CCCN(C(=O)c2cccnc2Cl)CC1. The minimum Gasteiger partial charge on any atom is -0.339 e. The number of hydrogen-bond donors (Lipinski definition) is 0. The van der Waals surface area contributed by atoms with Gasteiger partial charge in [0.25, 0.3) is 5.91 Å². The third-order valence-corrected chi connectivity index (χ3v) is 4.12. The molecule has 1 amide bonds. The number of carbonyl (C=O) groups is 1. The van der Waals surface area contributed by atoms with Crippen molar-refractivity contribution in [2.45, 2.75) is 39.0 Å². The maximum Gasteiger partial charge on any atom is 0.256 e. The first-order valence-electron chi connectivity index (χ1n) is 7.12. The van der Waals surface area contributed by atoms with Gasteiger partial charge in [-0.25, -0.2) is 4.98 Å². The summed E-state index contributed by atoms with van der Waals surface area (Å²) < 4.78 is 0. The molecule has 1 aliphatic heterocycles. The van der Waals surface area contributed by atoms with E-state index in [-0.39, 0.29) is 5.91 Å². The second-order valence-corrected chi connectivity index (χ2v) is 5.58. The van der Waals surface area contributed by atoms with Crippen molar-refractivity contribution in [3.8, 4) is 0 Å². The van der Waals surface area contributed by atoms with Crippen LogP contribution in [0.5, 0.6) is 0 Å². The first-order chi connectivity index (χ1) is 9.22. The number of nitrogens with zero attached hydrogens (tertiary/aromatic N) is 2. The number of amides is 1. The third-order valence-electron chi connectivity index (χ3n) is 3.82. The third kappa shape index (κ3) is 3.69. The van der Waals surface area contributed by atoms with Crippen LogP contribution in [-0.2, 0) is 0 Å². The molecule has 1 atom stereocenters. The van der Waals surface area contributed by atoms with Crippen LogP contribution in [0.25, 0.3) is 0 Å². The fourth-order valence-electron chi connectivity index (χ4n) is 2.78. The Morgan fingerprint density at radius 2 is 2.32 bits per heavy atom. The van der Waals surface area contributed by atoms with Crippen molar-refractivity contribution in [1.29, 1.82) is 0 Å². The Morgan fingerprint density at radius 3 is 3.05 bits per heavy atom. The molecule has 19 heavy (non-hydrogen) atoms. The summed E-state index contributed by atoms with van der Waals surface area (Å²) >= 11 is 6.00. The van der Waals surface area contributed by atoms with Crippen LogP contribution in [0.1, 0.15) is 49.4 Å². The highest BCUT2D eigenvalue weighted by atomic mass is 35.5. The van der Waals surface area contributed by atoms with E-state index in [0.29, 0.717) is 10.7 Å². The molecule has 0 radical (unpaired) electrons. The van der Waals surface area contributed by atoms with Gasteiger partial charge < -0.3 is 4.90 Å². The van der Waals surface area contributed by atoms with E-state index in [1.165, 1.54) is 19.3 Å². The van der Waals surface area contributed by atoms with Crippen LogP contribution in [-0.4, -0.2) is 28.9 Å². The van der Waals surface area contributed by atoms with Crippen LogP contribution in [0.2, 0.25) is 5.15 Å². The minimum absolute atomic E-state index is 0.0234. The maximum atomic E-state index is 12.4. The van der Waals surface area contributed by atoms with Crippen molar-refractivity contribution in [1.82, 2.24) is 9.88 Å². The van der Waals surface area contributed by atoms with Crippen molar-refractivity contribution in [2.75, 3.05) is 13.1 Å². The van der Waals surface area contributed by atoms with E-state index in [1.54, 1.807) is 18.3 Å². The second-order valence-electron chi connectivity index (χ2n) is 5.22. The van der Waals surface area contributed by atoms with Gasteiger partial charge in [0.15, 0.2) is 0 Å². The van der Waals surface area contributed by atoms with E-state index in [4.69, 9.17) is 11.6 Å². The molecule has 104 valence electrons. The molecule has 2 rings (SSSR count). The normalized spacial score (nSPS) is 20.1. The highest BCUT2D eigenvalue weighted by molar-refractivity contribution is 6.32. The van der Waals surface area contributed by atoms with Crippen LogP contribution in [0, 0.1) is 5.92 Å². The van der Waals surface area contributed by atoms with Gasteiger partial charge in [-0.3, -0.25) is 4.79 Å². The fraction of sp³-hybridized carbons (Fsp3) is 0.600. The Bertz CT molecular complexity index is 436. The quantitative estimate of drug-likeness (QED) is 0.790. The summed E-state index contributed by atoms with van der Waals surface area (Å²) in [5.74, 6) is 0.794. The molecule has 1 aromatic rings. The standard InChI is InChI=1S/C15H21ClN2O/c1-2-5-12-6-4-10-18(11-8-12)15(19)13-7-3-9-17-14(13)16/h3,7,9,12H,2,4-6,8,10-11H2,1H3. The molecule has 0 saturated carbocycles. The topological polar surface area (TPSA) is 33.2 Å². The monoisotopic (exact) mass is 280 g/mol. The summed E-state index contributed by atoms with van der Waals surface area (Å²) in [5.41, 5.74) is 0.526. The van der Waals surface area contributed by atoms with Crippen molar-refractivity contribution in [3.05, 3.63) is 29.0 Å². The van der Waals surface area contributed by atoms with Crippen molar-refractivity contribution in [2.24, 2.45) is 5.92 Å². The lowest BCUT2D eigenvalue weighted by molar-refractivity contribution is 0.0759. The molecule has 0 spiro atoms. The van der Waals surface area contributed by atoms with Gasteiger partial charge in [0, 0.05) is 19.3 Å². The highest BCUT2D eigenvalue weighted by Crippen LogP contribution is 2.23. The summed E-state index contributed by atoms with van der Waals surface area (Å²) in [6.07, 6.45) is 7.55.